The quantitative estimate of drug-likeness (QED) is 0.594. The summed E-state index contributed by atoms with van der Waals surface area (Å²) in [5.74, 6) is 1.50. The van der Waals surface area contributed by atoms with Gasteiger partial charge in [-0.05, 0) is 37.6 Å². The molecule has 0 unspecified atom stereocenters. The van der Waals surface area contributed by atoms with Crippen LogP contribution in [0.25, 0.3) is 10.6 Å². The van der Waals surface area contributed by atoms with Crippen molar-refractivity contribution in [2.75, 3.05) is 7.11 Å². The van der Waals surface area contributed by atoms with Crippen molar-refractivity contribution in [1.82, 2.24) is 9.97 Å². The molecule has 126 valence electrons. The number of aromatic nitrogens is 2. The van der Waals surface area contributed by atoms with E-state index in [9.17, 15) is 5.26 Å². The second kappa shape index (κ2) is 7.68. The minimum Gasteiger partial charge on any atom is -0.496 e. The van der Waals surface area contributed by atoms with Crippen LogP contribution in [0.15, 0.2) is 40.7 Å². The number of methoxy groups -OCH3 is 1. The fraction of sp³-hybridized carbons (Fsp3) is 0.211. The molecular weight excluding hydrogens is 350 g/mol. The van der Waals surface area contributed by atoms with E-state index in [0.717, 1.165) is 38.3 Å². The highest BCUT2D eigenvalue weighted by molar-refractivity contribution is 7.98. The smallest absolute Gasteiger partial charge is 0.129 e. The third-order valence-corrected chi connectivity index (χ3v) is 5.60. The van der Waals surface area contributed by atoms with Crippen molar-refractivity contribution in [1.29, 1.82) is 5.26 Å². The van der Waals surface area contributed by atoms with E-state index >= 15 is 0 Å². The molecule has 0 bridgehead atoms. The SMILES string of the molecule is COc1ccccc1-c1nc(CSc2nc(C)cc(C)c2C#N)cs1. The number of para-hydroxylation sites is 1. The molecule has 3 aromatic rings. The highest BCUT2D eigenvalue weighted by atomic mass is 32.2. The molecule has 0 radical (unpaired) electrons. The van der Waals surface area contributed by atoms with Gasteiger partial charge >= 0.3 is 0 Å². The van der Waals surface area contributed by atoms with Crippen molar-refractivity contribution in [3.05, 3.63) is 58.2 Å². The number of hydrogen-bond donors (Lipinski definition) is 0. The lowest BCUT2D eigenvalue weighted by Crippen LogP contribution is -1.95. The van der Waals surface area contributed by atoms with E-state index in [1.54, 1.807) is 30.2 Å². The molecule has 0 atom stereocenters. The Kier molecular flexibility index (Phi) is 5.37. The first-order chi connectivity index (χ1) is 12.1. The van der Waals surface area contributed by atoms with Crippen molar-refractivity contribution < 1.29 is 4.74 Å². The summed E-state index contributed by atoms with van der Waals surface area (Å²) >= 11 is 3.14. The van der Waals surface area contributed by atoms with Gasteiger partial charge in [-0.15, -0.1) is 11.3 Å². The summed E-state index contributed by atoms with van der Waals surface area (Å²) in [5.41, 5.74) is 4.50. The minimum absolute atomic E-state index is 0.649. The van der Waals surface area contributed by atoms with Crippen LogP contribution in [-0.4, -0.2) is 17.1 Å². The highest BCUT2D eigenvalue weighted by Gasteiger charge is 2.12. The van der Waals surface area contributed by atoms with Gasteiger partial charge in [-0.2, -0.15) is 5.26 Å². The van der Waals surface area contributed by atoms with Crippen molar-refractivity contribution in [2.24, 2.45) is 0 Å². The van der Waals surface area contributed by atoms with Gasteiger partial charge in [0.2, 0.25) is 0 Å². The summed E-state index contributed by atoms with van der Waals surface area (Å²) in [4.78, 5) is 9.22. The lowest BCUT2D eigenvalue weighted by molar-refractivity contribution is 0.416. The molecule has 0 amide bonds. The first-order valence-electron chi connectivity index (χ1n) is 7.71. The van der Waals surface area contributed by atoms with Gasteiger partial charge in [0.1, 0.15) is 21.9 Å². The Bertz CT molecular complexity index is 944. The molecule has 3 rings (SSSR count). The molecular formula is C19H17N3OS2. The van der Waals surface area contributed by atoms with Gasteiger partial charge in [-0.1, -0.05) is 23.9 Å². The van der Waals surface area contributed by atoms with E-state index in [0.29, 0.717) is 11.3 Å². The van der Waals surface area contributed by atoms with Crippen LogP contribution in [0.1, 0.15) is 22.5 Å². The van der Waals surface area contributed by atoms with Crippen LogP contribution in [0.5, 0.6) is 5.75 Å². The molecule has 0 N–H and O–H groups in total. The van der Waals surface area contributed by atoms with Crippen LogP contribution in [0.4, 0.5) is 0 Å². The Hall–Kier alpha value is -2.36. The van der Waals surface area contributed by atoms with Crippen LogP contribution in [0.3, 0.4) is 0 Å². The second-order valence-electron chi connectivity index (χ2n) is 5.51. The van der Waals surface area contributed by atoms with Crippen LogP contribution < -0.4 is 4.74 Å². The summed E-state index contributed by atoms with van der Waals surface area (Å²) < 4.78 is 5.41. The molecule has 0 aliphatic heterocycles. The molecule has 25 heavy (non-hydrogen) atoms. The van der Waals surface area contributed by atoms with Gasteiger partial charge in [0, 0.05) is 16.8 Å². The van der Waals surface area contributed by atoms with Crippen molar-refractivity contribution in [3.63, 3.8) is 0 Å². The van der Waals surface area contributed by atoms with Crippen molar-refractivity contribution >= 4 is 23.1 Å². The Morgan fingerprint density at radius 3 is 2.80 bits per heavy atom. The number of rotatable bonds is 5. The molecule has 0 spiro atoms. The first-order valence-corrected chi connectivity index (χ1v) is 9.58. The van der Waals surface area contributed by atoms with E-state index in [-0.39, 0.29) is 0 Å². The fourth-order valence-corrected chi connectivity index (χ4v) is 4.45. The highest BCUT2D eigenvalue weighted by Crippen LogP contribution is 2.33. The number of nitriles is 1. The van der Waals surface area contributed by atoms with Gasteiger partial charge in [-0.25, -0.2) is 9.97 Å². The fourth-order valence-electron chi connectivity index (χ4n) is 2.50. The summed E-state index contributed by atoms with van der Waals surface area (Å²) in [6.07, 6.45) is 0. The molecule has 0 aliphatic rings. The van der Waals surface area contributed by atoms with E-state index in [1.807, 2.05) is 49.6 Å². The number of thioether (sulfide) groups is 1. The molecule has 0 aliphatic carbocycles. The zero-order chi connectivity index (χ0) is 17.8. The molecule has 0 fully saturated rings. The Balaban J connectivity index is 1.81. The van der Waals surface area contributed by atoms with Gasteiger partial charge in [0.25, 0.3) is 0 Å². The molecule has 6 heteroatoms. The van der Waals surface area contributed by atoms with E-state index in [1.165, 1.54) is 0 Å². The third-order valence-electron chi connectivity index (χ3n) is 3.67. The van der Waals surface area contributed by atoms with Crippen LogP contribution in [0.2, 0.25) is 0 Å². The van der Waals surface area contributed by atoms with Gasteiger partial charge < -0.3 is 4.74 Å². The zero-order valence-corrected chi connectivity index (χ0v) is 15.9. The number of pyridine rings is 1. The monoisotopic (exact) mass is 367 g/mol. The summed E-state index contributed by atoms with van der Waals surface area (Å²) in [6.45, 7) is 3.89. The Labute approximate surface area is 155 Å². The molecule has 0 saturated heterocycles. The third kappa shape index (κ3) is 3.84. The molecule has 0 saturated carbocycles. The standard InChI is InChI=1S/C19H17N3OS2/c1-12-8-13(2)21-19(16(12)9-20)25-11-14-10-24-18(22-14)15-6-4-5-7-17(15)23-3/h4-8,10H,11H2,1-3H3. The first kappa shape index (κ1) is 17.5. The van der Waals surface area contributed by atoms with Crippen LogP contribution in [0, 0.1) is 25.2 Å². The Morgan fingerprint density at radius 1 is 1.24 bits per heavy atom. The lowest BCUT2D eigenvalue weighted by atomic mass is 10.1. The maximum absolute atomic E-state index is 9.37. The lowest BCUT2D eigenvalue weighted by Gasteiger charge is -2.06. The predicted octanol–water partition coefficient (Wildman–Crippen LogP) is 4.99. The average molecular weight is 367 g/mol. The summed E-state index contributed by atoms with van der Waals surface area (Å²) in [5, 5.41) is 13.1. The van der Waals surface area contributed by atoms with E-state index in [4.69, 9.17) is 9.72 Å². The molecule has 1 aromatic carbocycles. The molecule has 2 aromatic heterocycles. The van der Waals surface area contributed by atoms with Gasteiger partial charge in [-0.3, -0.25) is 0 Å². The average Bonchev–Trinajstić information content (AvgIpc) is 3.08. The number of ether oxygens (including phenoxy) is 1. The topological polar surface area (TPSA) is 58.8 Å². The second-order valence-corrected chi connectivity index (χ2v) is 7.33. The van der Waals surface area contributed by atoms with Gasteiger partial charge in [0.05, 0.1) is 23.9 Å². The molecule has 2 heterocycles. The molecule has 4 nitrogen and oxygen atoms in total. The van der Waals surface area contributed by atoms with E-state index < -0.39 is 0 Å². The maximum Gasteiger partial charge on any atom is 0.129 e. The zero-order valence-electron chi connectivity index (χ0n) is 14.2. The number of nitrogens with zero attached hydrogens (tertiary/aromatic N) is 3. The largest absolute Gasteiger partial charge is 0.496 e. The van der Waals surface area contributed by atoms with Gasteiger partial charge in [0.15, 0.2) is 0 Å². The minimum atomic E-state index is 0.649. The Morgan fingerprint density at radius 2 is 2.04 bits per heavy atom. The summed E-state index contributed by atoms with van der Waals surface area (Å²) in [7, 11) is 1.67. The number of hydrogen-bond acceptors (Lipinski definition) is 6. The van der Waals surface area contributed by atoms with Crippen LogP contribution in [-0.2, 0) is 5.75 Å². The number of thiazole rings is 1. The van der Waals surface area contributed by atoms with Crippen molar-refractivity contribution in [3.8, 4) is 22.4 Å². The van der Waals surface area contributed by atoms with Crippen LogP contribution >= 0.6 is 23.1 Å². The maximum atomic E-state index is 9.37. The number of benzene rings is 1. The van der Waals surface area contributed by atoms with Crippen molar-refractivity contribution in [2.45, 2.75) is 24.6 Å². The normalized spacial score (nSPS) is 10.5. The van der Waals surface area contributed by atoms with E-state index in [2.05, 4.69) is 11.1 Å². The summed E-state index contributed by atoms with van der Waals surface area (Å²) in [6, 6.07) is 12.1. The number of aryl methyl sites for hydroxylation is 2. The predicted molar refractivity (Wildman–Crippen MR) is 102 cm³/mol.